The van der Waals surface area contributed by atoms with Gasteiger partial charge in [0.2, 0.25) is 5.75 Å². The number of aromatic nitrogens is 2. The quantitative estimate of drug-likeness (QED) is 0.544. The molecule has 0 fully saturated rings. The molecule has 3 N–H and O–H groups in total. The minimum absolute atomic E-state index is 0.184. The molecule has 0 unspecified atom stereocenters. The number of benzene rings is 1. The average molecular weight is 399 g/mol. The van der Waals surface area contributed by atoms with Gasteiger partial charge in [-0.05, 0) is 17.0 Å². The number of nitrogens with one attached hydrogen (secondary N) is 1. The minimum atomic E-state index is -1.67. The van der Waals surface area contributed by atoms with Crippen LogP contribution in [0, 0.1) is 0 Å². The number of hydrogen-bond donors (Lipinski definition) is 3. The number of aromatic hydroxyl groups is 1. The van der Waals surface area contributed by atoms with Crippen LogP contribution in [0.5, 0.6) is 11.6 Å². The van der Waals surface area contributed by atoms with Crippen molar-refractivity contribution in [2.75, 3.05) is 11.9 Å². The van der Waals surface area contributed by atoms with Gasteiger partial charge in [-0.1, -0.05) is 42.5 Å². The number of carbonyl (C=O) groups is 1. The predicted molar refractivity (Wildman–Crippen MR) is 107 cm³/mol. The molecule has 0 amide bonds. The molecule has 0 spiro atoms. The van der Waals surface area contributed by atoms with Crippen molar-refractivity contribution in [2.24, 2.45) is 7.05 Å². The Bertz CT molecular complexity index is 1070. The molecule has 8 nitrogen and oxygen atoms in total. The average Bonchev–Trinajstić information content (AvgIpc) is 3.14. The number of ether oxygens (including phenoxy) is 1. The Labute approximate surface area is 164 Å². The molecule has 0 aliphatic heterocycles. The van der Waals surface area contributed by atoms with Gasteiger partial charge in [0, 0.05) is 13.6 Å². The Balaban J connectivity index is 1.85. The third-order valence-electron chi connectivity index (χ3n) is 3.81. The van der Waals surface area contributed by atoms with Gasteiger partial charge in [0.15, 0.2) is 5.82 Å². The molecular formula is C19H17N3O5S. The maximum absolute atomic E-state index is 12.2. The van der Waals surface area contributed by atoms with E-state index in [-0.39, 0.29) is 5.82 Å². The fraction of sp³-hybridized carbons (Fsp3) is 0.105. The first-order valence-corrected chi connectivity index (χ1v) is 9.09. The van der Waals surface area contributed by atoms with Gasteiger partial charge in [-0.15, -0.1) is 11.3 Å². The molecule has 0 aliphatic carbocycles. The molecule has 0 atom stereocenters. The first-order valence-electron chi connectivity index (χ1n) is 8.21. The number of carboxylic acid groups (broad SMARTS) is 1. The summed E-state index contributed by atoms with van der Waals surface area (Å²) in [6.45, 7) is 0.531. The molecule has 3 rings (SSSR count). The lowest BCUT2D eigenvalue weighted by Gasteiger charge is -2.11. The SMILES string of the molecule is Cn1c(-c2sccc2NC/C=C/c2ccccc2)nc(OC(=O)O)c(O)c1=O. The Morgan fingerprint density at radius 2 is 2.07 bits per heavy atom. The van der Waals surface area contributed by atoms with E-state index in [0.29, 0.717) is 11.4 Å². The lowest BCUT2D eigenvalue weighted by Crippen LogP contribution is -2.21. The lowest BCUT2D eigenvalue weighted by molar-refractivity contribution is 0.140. The highest BCUT2D eigenvalue weighted by molar-refractivity contribution is 7.14. The van der Waals surface area contributed by atoms with Crippen molar-refractivity contribution < 1.29 is 19.7 Å². The van der Waals surface area contributed by atoms with Gasteiger partial charge in [0.1, 0.15) is 0 Å². The summed E-state index contributed by atoms with van der Waals surface area (Å²) in [7, 11) is 1.44. The second kappa shape index (κ2) is 8.40. The number of hydrogen-bond acceptors (Lipinski definition) is 7. The molecule has 0 radical (unpaired) electrons. The highest BCUT2D eigenvalue weighted by Gasteiger charge is 2.20. The molecule has 2 aromatic heterocycles. The van der Waals surface area contributed by atoms with Crippen LogP contribution >= 0.6 is 11.3 Å². The van der Waals surface area contributed by atoms with Gasteiger partial charge < -0.3 is 20.3 Å². The zero-order chi connectivity index (χ0) is 20.1. The molecule has 0 saturated heterocycles. The second-order valence-electron chi connectivity index (χ2n) is 5.68. The van der Waals surface area contributed by atoms with E-state index in [1.165, 1.54) is 18.4 Å². The Kier molecular flexibility index (Phi) is 5.75. The van der Waals surface area contributed by atoms with Crippen molar-refractivity contribution in [1.29, 1.82) is 0 Å². The number of thiophene rings is 1. The topological polar surface area (TPSA) is 114 Å². The van der Waals surface area contributed by atoms with E-state index >= 15 is 0 Å². The maximum Gasteiger partial charge on any atom is 0.512 e. The molecule has 3 aromatic rings. The molecule has 0 aliphatic rings. The normalized spacial score (nSPS) is 10.9. The van der Waals surface area contributed by atoms with Crippen molar-refractivity contribution >= 4 is 29.3 Å². The van der Waals surface area contributed by atoms with Crippen molar-refractivity contribution in [3.63, 3.8) is 0 Å². The van der Waals surface area contributed by atoms with Crippen LogP contribution in [0.4, 0.5) is 10.5 Å². The van der Waals surface area contributed by atoms with E-state index in [2.05, 4.69) is 15.0 Å². The largest absolute Gasteiger partial charge is 0.512 e. The van der Waals surface area contributed by atoms with Crippen LogP contribution in [-0.4, -0.2) is 32.5 Å². The summed E-state index contributed by atoms with van der Waals surface area (Å²) >= 11 is 1.32. The van der Waals surface area contributed by atoms with E-state index in [1.54, 1.807) is 0 Å². The number of anilines is 1. The van der Waals surface area contributed by atoms with Crippen LogP contribution in [0.25, 0.3) is 16.8 Å². The van der Waals surface area contributed by atoms with Crippen molar-refractivity contribution in [2.45, 2.75) is 0 Å². The van der Waals surface area contributed by atoms with Crippen LogP contribution in [0.15, 0.2) is 52.6 Å². The standard InChI is InChI=1S/C19H17N3O5S/c1-22-16(21-17(27-19(25)26)14(23)18(22)24)15-13(9-11-28-15)20-10-5-8-12-6-3-2-4-7-12/h2-9,11,20,23H,10H2,1H3,(H,25,26)/b8-5+. The van der Waals surface area contributed by atoms with E-state index in [4.69, 9.17) is 5.11 Å². The first kappa shape index (κ1) is 19.2. The van der Waals surface area contributed by atoms with Crippen LogP contribution < -0.4 is 15.6 Å². The fourth-order valence-corrected chi connectivity index (χ4v) is 3.37. The summed E-state index contributed by atoms with van der Waals surface area (Å²) in [5, 5.41) is 23.6. The highest BCUT2D eigenvalue weighted by Crippen LogP contribution is 2.34. The van der Waals surface area contributed by atoms with Crippen molar-refractivity contribution in [3.8, 4) is 22.3 Å². The van der Waals surface area contributed by atoms with Crippen LogP contribution in [-0.2, 0) is 7.05 Å². The third kappa shape index (κ3) is 4.21. The van der Waals surface area contributed by atoms with Crippen molar-refractivity contribution in [3.05, 3.63) is 63.8 Å². The van der Waals surface area contributed by atoms with Crippen LogP contribution in [0.3, 0.4) is 0 Å². The van der Waals surface area contributed by atoms with Crippen LogP contribution in [0.1, 0.15) is 5.56 Å². The number of nitrogens with zero attached hydrogens (tertiary/aromatic N) is 2. The number of rotatable bonds is 6. The van der Waals surface area contributed by atoms with Gasteiger partial charge in [-0.25, -0.2) is 4.79 Å². The summed E-state index contributed by atoms with van der Waals surface area (Å²) in [6, 6.07) is 11.7. The third-order valence-corrected chi connectivity index (χ3v) is 4.72. The Morgan fingerprint density at radius 3 is 2.79 bits per heavy atom. The fourth-order valence-electron chi connectivity index (χ4n) is 2.48. The van der Waals surface area contributed by atoms with Crippen molar-refractivity contribution in [1.82, 2.24) is 9.55 Å². The monoisotopic (exact) mass is 399 g/mol. The Morgan fingerprint density at radius 1 is 1.32 bits per heavy atom. The minimum Gasteiger partial charge on any atom is -0.499 e. The summed E-state index contributed by atoms with van der Waals surface area (Å²) < 4.78 is 5.56. The van der Waals surface area contributed by atoms with Crippen LogP contribution in [0.2, 0.25) is 0 Å². The summed E-state index contributed by atoms with van der Waals surface area (Å²) in [5.41, 5.74) is 0.995. The Hall–Kier alpha value is -3.59. The molecule has 0 saturated carbocycles. The summed E-state index contributed by atoms with van der Waals surface area (Å²) in [4.78, 5) is 27.6. The molecule has 28 heavy (non-hydrogen) atoms. The zero-order valence-electron chi connectivity index (χ0n) is 14.8. The van der Waals surface area contributed by atoms with E-state index in [1.807, 2.05) is 53.9 Å². The highest BCUT2D eigenvalue weighted by atomic mass is 32.1. The summed E-state index contributed by atoms with van der Waals surface area (Å²) in [5.74, 6) is -1.32. The molecule has 2 heterocycles. The molecule has 9 heteroatoms. The summed E-state index contributed by atoms with van der Waals surface area (Å²) in [6.07, 6.45) is 2.27. The van der Waals surface area contributed by atoms with E-state index in [9.17, 15) is 14.7 Å². The molecule has 0 bridgehead atoms. The van der Waals surface area contributed by atoms with Gasteiger partial charge in [0.25, 0.3) is 11.4 Å². The van der Waals surface area contributed by atoms with Gasteiger partial charge in [-0.2, -0.15) is 4.98 Å². The first-order chi connectivity index (χ1) is 13.5. The van der Waals surface area contributed by atoms with Gasteiger partial charge >= 0.3 is 6.16 Å². The maximum atomic E-state index is 12.2. The smallest absolute Gasteiger partial charge is 0.499 e. The van der Waals surface area contributed by atoms with E-state index < -0.39 is 23.3 Å². The van der Waals surface area contributed by atoms with E-state index in [0.717, 1.165) is 15.8 Å². The molecule has 144 valence electrons. The van der Waals surface area contributed by atoms with Gasteiger partial charge in [-0.3, -0.25) is 9.36 Å². The predicted octanol–water partition coefficient (Wildman–Crippen LogP) is 3.40. The zero-order valence-corrected chi connectivity index (χ0v) is 15.6. The second-order valence-corrected chi connectivity index (χ2v) is 6.59. The lowest BCUT2D eigenvalue weighted by atomic mass is 10.2. The molecular weight excluding hydrogens is 382 g/mol. The molecule has 1 aromatic carbocycles. The van der Waals surface area contributed by atoms with Gasteiger partial charge in [0.05, 0.1) is 10.6 Å².